The third-order valence-corrected chi connectivity index (χ3v) is 23.1. The normalized spacial score (nSPS) is 11.7. The Hall–Kier alpha value is -15.2. The van der Waals surface area contributed by atoms with Crippen molar-refractivity contribution in [3.8, 4) is 78.4 Å². The van der Waals surface area contributed by atoms with Gasteiger partial charge in [-0.2, -0.15) is 0 Å². The first-order valence-electron chi connectivity index (χ1n) is 39.1. The molecule has 0 aliphatic rings. The van der Waals surface area contributed by atoms with E-state index in [0.717, 1.165) is 113 Å². The summed E-state index contributed by atoms with van der Waals surface area (Å²) < 4.78 is 9.60. The first-order valence-corrected chi connectivity index (χ1v) is 39.1. The number of benzene rings is 18. The average Bonchev–Trinajstić information content (AvgIpc) is 1.65. The van der Waals surface area contributed by atoms with Crippen LogP contribution in [0.15, 0.2) is 437 Å². The van der Waals surface area contributed by atoms with E-state index in [9.17, 15) is 0 Å². The lowest BCUT2D eigenvalue weighted by Gasteiger charge is -2.28. The largest absolute Gasteiger partial charge is 0.310 e. The van der Waals surface area contributed by atoms with Gasteiger partial charge in [0.1, 0.15) is 0 Å². The third-order valence-electron chi connectivity index (χ3n) is 23.1. The standard InChI is InChI=1S/C108H72N6/c1-9-49-101-93(41-1)94-42-2-10-50-102(94)111(101)89-37-17-25-75(65-89)73-57-61-83(62-58-73)109(87-35-21-29-79(69-87)81-31-23-39-91(71-81)113-105-53-13-5-45-97(105)98-46-6-14-54-106(98)113)85-33-19-27-77(67-85)78-28-20-34-86(68-78)110(84-63-59-74(60-64-84)76-26-18-38-90(66-76)112-103-51-11-3-43-95(103)96-44-4-12-52-104(96)112)88-36-22-30-80(70-88)82-32-24-40-92(72-82)114-107-55-15-7-47-99(107)100-48-8-16-56-108(100)114/h1-72H. The highest BCUT2D eigenvalue weighted by Gasteiger charge is 2.22. The van der Waals surface area contributed by atoms with Gasteiger partial charge in [-0.3, -0.25) is 0 Å². The molecule has 114 heavy (non-hydrogen) atoms. The molecule has 0 saturated heterocycles. The predicted molar refractivity (Wildman–Crippen MR) is 480 cm³/mol. The van der Waals surface area contributed by atoms with Crippen molar-refractivity contribution in [2.45, 2.75) is 0 Å². The van der Waals surface area contributed by atoms with Crippen molar-refractivity contribution >= 4 is 121 Å². The molecule has 0 N–H and O–H groups in total. The van der Waals surface area contributed by atoms with Gasteiger partial charge in [-0.05, 0) is 225 Å². The van der Waals surface area contributed by atoms with E-state index in [0.29, 0.717) is 0 Å². The van der Waals surface area contributed by atoms with Crippen LogP contribution in [0.4, 0.5) is 34.1 Å². The topological polar surface area (TPSA) is 26.2 Å². The van der Waals surface area contributed by atoms with Crippen molar-refractivity contribution in [1.29, 1.82) is 0 Å². The van der Waals surface area contributed by atoms with Gasteiger partial charge < -0.3 is 28.1 Å². The van der Waals surface area contributed by atoms with Gasteiger partial charge in [0, 0.05) is 100.0 Å². The van der Waals surface area contributed by atoms with Crippen LogP contribution in [0.3, 0.4) is 0 Å². The van der Waals surface area contributed by atoms with E-state index in [1.54, 1.807) is 0 Å². The molecule has 0 radical (unpaired) electrons. The Morgan fingerprint density at radius 3 is 0.509 bits per heavy atom. The first kappa shape index (κ1) is 65.8. The van der Waals surface area contributed by atoms with Crippen molar-refractivity contribution in [2.75, 3.05) is 9.80 Å². The van der Waals surface area contributed by atoms with Gasteiger partial charge in [-0.25, -0.2) is 0 Å². The summed E-state index contributed by atoms with van der Waals surface area (Å²) in [6, 6.07) is 160. The summed E-state index contributed by atoms with van der Waals surface area (Å²) in [5.74, 6) is 0. The number of hydrogen-bond donors (Lipinski definition) is 0. The highest BCUT2D eigenvalue weighted by atomic mass is 15.1. The molecule has 22 aromatic rings. The molecular formula is C108H72N6. The van der Waals surface area contributed by atoms with Crippen LogP contribution < -0.4 is 9.80 Å². The summed E-state index contributed by atoms with van der Waals surface area (Å²) in [5.41, 5.74) is 31.4. The van der Waals surface area contributed by atoms with E-state index in [4.69, 9.17) is 0 Å². The maximum atomic E-state index is 2.42. The number of fused-ring (bicyclic) bond motifs is 12. The number of anilines is 6. The molecule has 4 heterocycles. The van der Waals surface area contributed by atoms with Gasteiger partial charge in [0.15, 0.2) is 0 Å². The van der Waals surface area contributed by atoms with Gasteiger partial charge in [0.05, 0.1) is 44.1 Å². The Labute approximate surface area is 660 Å². The summed E-state index contributed by atoms with van der Waals surface area (Å²) >= 11 is 0. The van der Waals surface area contributed by atoms with Crippen LogP contribution in [0, 0.1) is 0 Å². The fraction of sp³-hybridized carbons (Fsp3) is 0. The van der Waals surface area contributed by atoms with Gasteiger partial charge in [-0.15, -0.1) is 0 Å². The second-order valence-corrected chi connectivity index (χ2v) is 29.6. The molecule has 0 bridgehead atoms. The van der Waals surface area contributed by atoms with Crippen molar-refractivity contribution in [1.82, 2.24) is 18.3 Å². The molecule has 18 aromatic carbocycles. The van der Waals surface area contributed by atoms with Gasteiger partial charge >= 0.3 is 0 Å². The lowest BCUT2D eigenvalue weighted by Crippen LogP contribution is -2.11. The van der Waals surface area contributed by atoms with Gasteiger partial charge in [0.2, 0.25) is 0 Å². The van der Waals surface area contributed by atoms with Crippen LogP contribution >= 0.6 is 0 Å². The van der Waals surface area contributed by atoms with E-state index in [1.165, 1.54) is 87.2 Å². The Morgan fingerprint density at radius 1 is 0.123 bits per heavy atom. The maximum absolute atomic E-state index is 2.42. The maximum Gasteiger partial charge on any atom is 0.0541 e. The number of para-hydroxylation sites is 8. The molecule has 0 amide bonds. The highest BCUT2D eigenvalue weighted by Crippen LogP contribution is 2.45. The van der Waals surface area contributed by atoms with Gasteiger partial charge in [-0.1, -0.05) is 267 Å². The SMILES string of the molecule is c1cc(-c2cccc(N(c3ccc(-c4cccc(-n5c6ccccc6c6ccccc65)c4)cc3)c3cccc(-c4cccc(-n5c6ccccc6c6ccccc65)c4)c3)c2)cc(N(c2ccc(-c3cccc(-n4c5ccccc5c5ccccc54)c3)cc2)c2cccc(-c3cccc(-n4c5ccccc5c5ccccc54)c3)c2)c1. The quantitative estimate of drug-likeness (QED) is 0.102. The Balaban J connectivity index is 0.656. The zero-order valence-electron chi connectivity index (χ0n) is 62.3. The second-order valence-electron chi connectivity index (χ2n) is 29.6. The molecule has 0 fully saturated rings. The second kappa shape index (κ2) is 27.4. The van der Waals surface area contributed by atoms with Crippen molar-refractivity contribution < 1.29 is 0 Å². The Morgan fingerprint density at radius 2 is 0.298 bits per heavy atom. The highest BCUT2D eigenvalue weighted by molar-refractivity contribution is 6.13. The van der Waals surface area contributed by atoms with Crippen molar-refractivity contribution in [3.63, 3.8) is 0 Å². The average molecular weight is 1450 g/mol. The predicted octanol–water partition coefficient (Wildman–Crippen LogP) is 29.3. The van der Waals surface area contributed by atoms with Crippen LogP contribution in [0.5, 0.6) is 0 Å². The Bertz CT molecular complexity index is 6850. The monoisotopic (exact) mass is 1450 g/mol. The molecule has 0 atom stereocenters. The van der Waals surface area contributed by atoms with Crippen molar-refractivity contribution in [3.05, 3.63) is 437 Å². The zero-order chi connectivity index (χ0) is 75.2. The smallest absolute Gasteiger partial charge is 0.0541 e. The number of aromatic nitrogens is 4. The van der Waals surface area contributed by atoms with Crippen LogP contribution in [0.25, 0.3) is 166 Å². The number of nitrogens with zero attached hydrogens (tertiary/aromatic N) is 6. The van der Waals surface area contributed by atoms with Crippen LogP contribution in [-0.2, 0) is 0 Å². The lowest BCUT2D eigenvalue weighted by molar-refractivity contribution is 1.18. The third kappa shape index (κ3) is 11.3. The molecule has 6 heteroatoms. The molecule has 4 aromatic heterocycles. The molecule has 0 aliphatic carbocycles. The molecule has 534 valence electrons. The van der Waals surface area contributed by atoms with Crippen LogP contribution in [0.1, 0.15) is 0 Å². The summed E-state index contributed by atoms with van der Waals surface area (Å²) in [4.78, 5) is 4.83. The van der Waals surface area contributed by atoms with Gasteiger partial charge in [0.25, 0.3) is 0 Å². The van der Waals surface area contributed by atoms with Crippen LogP contribution in [-0.4, -0.2) is 18.3 Å². The minimum Gasteiger partial charge on any atom is -0.310 e. The lowest BCUT2D eigenvalue weighted by atomic mass is 10.0. The minimum absolute atomic E-state index is 1.03. The summed E-state index contributed by atoms with van der Waals surface area (Å²) in [6.07, 6.45) is 0. The first-order chi connectivity index (χ1) is 56.5. The summed E-state index contributed by atoms with van der Waals surface area (Å²) in [6.45, 7) is 0. The van der Waals surface area contributed by atoms with E-state index in [2.05, 4.69) is 465 Å². The van der Waals surface area contributed by atoms with E-state index in [1.807, 2.05) is 0 Å². The van der Waals surface area contributed by atoms with Crippen LogP contribution in [0.2, 0.25) is 0 Å². The molecule has 0 aliphatic heterocycles. The van der Waals surface area contributed by atoms with E-state index in [-0.39, 0.29) is 0 Å². The summed E-state index contributed by atoms with van der Waals surface area (Å²) in [5, 5.41) is 9.94. The summed E-state index contributed by atoms with van der Waals surface area (Å²) in [7, 11) is 0. The number of hydrogen-bond acceptors (Lipinski definition) is 2. The molecule has 6 nitrogen and oxygen atoms in total. The molecular weight excluding hydrogens is 1380 g/mol. The Kier molecular flexibility index (Phi) is 15.8. The zero-order valence-corrected chi connectivity index (χ0v) is 62.3. The van der Waals surface area contributed by atoms with E-state index >= 15 is 0 Å². The van der Waals surface area contributed by atoms with Crippen molar-refractivity contribution in [2.24, 2.45) is 0 Å². The molecule has 0 spiro atoms. The minimum atomic E-state index is 1.03. The fourth-order valence-electron chi connectivity index (χ4n) is 17.9. The molecule has 0 saturated carbocycles. The molecule has 0 unspecified atom stereocenters. The number of rotatable bonds is 15. The molecule has 22 rings (SSSR count). The van der Waals surface area contributed by atoms with E-state index < -0.39 is 0 Å². The fourth-order valence-corrected chi connectivity index (χ4v) is 17.9.